The van der Waals surface area contributed by atoms with Gasteiger partial charge in [0.1, 0.15) is 11.6 Å². The third-order valence-electron chi connectivity index (χ3n) is 3.21. The third kappa shape index (κ3) is 5.08. The van der Waals surface area contributed by atoms with Gasteiger partial charge in [0.15, 0.2) is 12.7 Å². The van der Waals surface area contributed by atoms with E-state index < -0.39 is 23.8 Å². The molecule has 5 nitrogen and oxygen atoms in total. The minimum absolute atomic E-state index is 0.291. The molecular formula is C18H18FNO4. The van der Waals surface area contributed by atoms with Crippen LogP contribution < -0.4 is 10.1 Å². The molecule has 1 unspecified atom stereocenters. The van der Waals surface area contributed by atoms with Crippen LogP contribution in [0.3, 0.4) is 0 Å². The molecular weight excluding hydrogens is 313 g/mol. The maximum Gasteiger partial charge on any atom is 0.344 e. The normalized spacial score (nSPS) is 11.5. The summed E-state index contributed by atoms with van der Waals surface area (Å²) in [6.07, 6.45) is -1.03. The van der Waals surface area contributed by atoms with Crippen molar-refractivity contribution in [3.63, 3.8) is 0 Å². The zero-order chi connectivity index (χ0) is 17.5. The molecule has 0 bridgehead atoms. The summed E-state index contributed by atoms with van der Waals surface area (Å²) in [5.41, 5.74) is 1.18. The first kappa shape index (κ1) is 17.5. The summed E-state index contributed by atoms with van der Waals surface area (Å²) in [5, 5.41) is 2.47. The van der Waals surface area contributed by atoms with Crippen LogP contribution in [0.25, 0.3) is 0 Å². The van der Waals surface area contributed by atoms with Crippen LogP contribution in [0.15, 0.2) is 48.5 Å². The number of esters is 1. The van der Waals surface area contributed by atoms with Crippen LogP contribution in [-0.2, 0) is 14.3 Å². The number of ether oxygens (including phenoxy) is 2. The predicted molar refractivity (Wildman–Crippen MR) is 87.3 cm³/mol. The van der Waals surface area contributed by atoms with E-state index in [1.165, 1.54) is 31.2 Å². The highest BCUT2D eigenvalue weighted by atomic mass is 19.1. The molecule has 0 saturated heterocycles. The molecule has 1 N–H and O–H groups in total. The molecule has 0 aliphatic rings. The smallest absolute Gasteiger partial charge is 0.344 e. The number of halogens is 1. The lowest BCUT2D eigenvalue weighted by Gasteiger charge is -2.14. The number of aryl methyl sites for hydroxylation is 1. The van der Waals surface area contributed by atoms with E-state index in [0.717, 1.165) is 5.56 Å². The van der Waals surface area contributed by atoms with Gasteiger partial charge in [0, 0.05) is 5.69 Å². The fraction of sp³-hybridized carbons (Fsp3) is 0.222. The van der Waals surface area contributed by atoms with Crippen molar-refractivity contribution >= 4 is 17.6 Å². The second kappa shape index (κ2) is 8.10. The van der Waals surface area contributed by atoms with Gasteiger partial charge in [-0.2, -0.15) is 0 Å². The lowest BCUT2D eigenvalue weighted by molar-refractivity contribution is -0.155. The van der Waals surface area contributed by atoms with Crippen LogP contribution in [0.5, 0.6) is 5.75 Å². The Morgan fingerprint density at radius 1 is 1.17 bits per heavy atom. The topological polar surface area (TPSA) is 64.6 Å². The van der Waals surface area contributed by atoms with Gasteiger partial charge in [-0.25, -0.2) is 9.18 Å². The van der Waals surface area contributed by atoms with Crippen molar-refractivity contribution in [2.45, 2.75) is 20.0 Å². The van der Waals surface area contributed by atoms with Crippen molar-refractivity contribution in [2.24, 2.45) is 0 Å². The van der Waals surface area contributed by atoms with Crippen molar-refractivity contribution < 1.29 is 23.5 Å². The predicted octanol–water partition coefficient (Wildman–Crippen LogP) is 3.08. The highest BCUT2D eigenvalue weighted by Gasteiger charge is 2.18. The molecule has 0 aliphatic carbocycles. The maximum atomic E-state index is 13.1. The molecule has 0 fully saturated rings. The zero-order valence-electron chi connectivity index (χ0n) is 13.4. The molecule has 0 aliphatic heterocycles. The van der Waals surface area contributed by atoms with E-state index in [1.54, 1.807) is 12.1 Å². The Hall–Kier alpha value is -2.89. The van der Waals surface area contributed by atoms with E-state index in [-0.39, 0.29) is 6.61 Å². The van der Waals surface area contributed by atoms with E-state index in [4.69, 9.17) is 9.47 Å². The fourth-order valence-electron chi connectivity index (χ4n) is 1.95. The van der Waals surface area contributed by atoms with Gasteiger partial charge in [-0.15, -0.1) is 0 Å². The summed E-state index contributed by atoms with van der Waals surface area (Å²) in [4.78, 5) is 23.7. The number of hydrogen-bond acceptors (Lipinski definition) is 4. The van der Waals surface area contributed by atoms with Crippen LogP contribution in [-0.4, -0.2) is 24.6 Å². The summed E-state index contributed by atoms with van der Waals surface area (Å²) in [6, 6.07) is 12.7. The number of carbonyl (C=O) groups is 2. The zero-order valence-corrected chi connectivity index (χ0v) is 13.4. The van der Waals surface area contributed by atoms with Crippen LogP contribution >= 0.6 is 0 Å². The largest absolute Gasteiger partial charge is 0.482 e. The molecule has 0 spiro atoms. The number of anilines is 1. The van der Waals surface area contributed by atoms with E-state index >= 15 is 0 Å². The highest BCUT2D eigenvalue weighted by molar-refractivity contribution is 5.95. The number of carbonyl (C=O) groups excluding carboxylic acids is 2. The third-order valence-corrected chi connectivity index (χ3v) is 3.21. The van der Waals surface area contributed by atoms with Crippen LogP contribution in [0.2, 0.25) is 0 Å². The summed E-state index contributed by atoms with van der Waals surface area (Å²) in [7, 11) is 0. The van der Waals surface area contributed by atoms with Crippen LogP contribution in [0.1, 0.15) is 12.5 Å². The van der Waals surface area contributed by atoms with Crippen molar-refractivity contribution in [3.05, 3.63) is 59.9 Å². The summed E-state index contributed by atoms with van der Waals surface area (Å²) >= 11 is 0. The molecule has 2 aromatic rings. The molecule has 2 rings (SSSR count). The molecule has 0 aromatic heterocycles. The number of nitrogens with one attached hydrogen (secondary N) is 1. The quantitative estimate of drug-likeness (QED) is 0.826. The Kier molecular flexibility index (Phi) is 5.89. The summed E-state index contributed by atoms with van der Waals surface area (Å²) < 4.78 is 23.4. The van der Waals surface area contributed by atoms with Crippen LogP contribution in [0.4, 0.5) is 10.1 Å². The Morgan fingerprint density at radius 3 is 2.62 bits per heavy atom. The number of para-hydroxylation sites is 1. The minimum Gasteiger partial charge on any atom is -0.482 e. The second-order valence-electron chi connectivity index (χ2n) is 5.19. The molecule has 6 heteroatoms. The van der Waals surface area contributed by atoms with E-state index in [2.05, 4.69) is 5.32 Å². The van der Waals surface area contributed by atoms with Crippen LogP contribution in [0, 0.1) is 12.7 Å². The second-order valence-corrected chi connectivity index (χ2v) is 5.19. The average molecular weight is 331 g/mol. The Morgan fingerprint density at radius 2 is 1.92 bits per heavy atom. The Balaban J connectivity index is 1.82. The standard InChI is InChI=1S/C18H18FNO4/c1-12-6-3-4-9-16(12)23-11-17(21)24-13(2)18(22)20-15-8-5-7-14(19)10-15/h3-10,13H,11H2,1-2H3,(H,20,22). The van der Waals surface area contributed by atoms with Crippen molar-refractivity contribution in [2.75, 3.05) is 11.9 Å². The van der Waals surface area contributed by atoms with Gasteiger partial charge in [0.05, 0.1) is 0 Å². The van der Waals surface area contributed by atoms with Gasteiger partial charge in [-0.05, 0) is 43.7 Å². The molecule has 24 heavy (non-hydrogen) atoms. The van der Waals surface area contributed by atoms with Crippen molar-refractivity contribution in [1.82, 2.24) is 0 Å². The number of amides is 1. The average Bonchev–Trinajstić information content (AvgIpc) is 2.54. The van der Waals surface area contributed by atoms with Crippen molar-refractivity contribution in [1.29, 1.82) is 0 Å². The monoisotopic (exact) mass is 331 g/mol. The van der Waals surface area contributed by atoms with Gasteiger partial charge in [0.2, 0.25) is 0 Å². The molecule has 0 radical (unpaired) electrons. The SMILES string of the molecule is Cc1ccccc1OCC(=O)OC(C)C(=O)Nc1cccc(F)c1. The van der Waals surface area contributed by atoms with Gasteiger partial charge < -0.3 is 14.8 Å². The Labute approximate surface area is 139 Å². The number of benzene rings is 2. The summed E-state index contributed by atoms with van der Waals surface area (Å²) in [6.45, 7) is 2.98. The molecule has 0 heterocycles. The molecule has 1 amide bonds. The maximum absolute atomic E-state index is 13.1. The lowest BCUT2D eigenvalue weighted by atomic mass is 10.2. The van der Waals surface area contributed by atoms with E-state index in [1.807, 2.05) is 19.1 Å². The van der Waals surface area contributed by atoms with E-state index in [0.29, 0.717) is 11.4 Å². The van der Waals surface area contributed by atoms with Gasteiger partial charge in [-0.3, -0.25) is 4.79 Å². The molecule has 0 saturated carbocycles. The first-order valence-corrected chi connectivity index (χ1v) is 7.40. The number of hydrogen-bond donors (Lipinski definition) is 1. The minimum atomic E-state index is -1.03. The van der Waals surface area contributed by atoms with Gasteiger partial charge >= 0.3 is 5.97 Å². The van der Waals surface area contributed by atoms with E-state index in [9.17, 15) is 14.0 Å². The van der Waals surface area contributed by atoms with Crippen molar-refractivity contribution in [3.8, 4) is 5.75 Å². The fourth-order valence-corrected chi connectivity index (χ4v) is 1.95. The first-order chi connectivity index (χ1) is 11.5. The molecule has 1 atom stereocenters. The van der Waals surface area contributed by atoms with Gasteiger partial charge in [0.25, 0.3) is 5.91 Å². The Bertz CT molecular complexity index is 732. The molecule has 2 aromatic carbocycles. The number of rotatable bonds is 6. The molecule has 126 valence electrons. The highest BCUT2D eigenvalue weighted by Crippen LogP contribution is 2.16. The summed E-state index contributed by atoms with van der Waals surface area (Å²) in [5.74, 6) is -1.11. The lowest BCUT2D eigenvalue weighted by Crippen LogP contribution is -2.31. The first-order valence-electron chi connectivity index (χ1n) is 7.40. The van der Waals surface area contributed by atoms with Gasteiger partial charge in [-0.1, -0.05) is 24.3 Å².